The maximum absolute atomic E-state index is 13.7. The summed E-state index contributed by atoms with van der Waals surface area (Å²) in [5, 5.41) is 31.0. The lowest BCUT2D eigenvalue weighted by molar-refractivity contribution is -0.138. The Balaban J connectivity index is 0.000000234. The van der Waals surface area contributed by atoms with E-state index in [-0.39, 0.29) is 42.3 Å². The minimum atomic E-state index is -3.95. The molecule has 16 heteroatoms. The molecule has 3 aromatic rings. The molecule has 6 atom stereocenters. The van der Waals surface area contributed by atoms with Gasteiger partial charge in [0, 0.05) is 57.4 Å². The third-order valence-electron chi connectivity index (χ3n) is 13.5. The number of benzene rings is 3. The third-order valence-corrected chi connectivity index (χ3v) is 15.7. The van der Waals surface area contributed by atoms with Crippen molar-refractivity contribution in [3.05, 3.63) is 101 Å². The molecule has 5 N–H and O–H groups in total. The number of sulfonamides is 1. The highest BCUT2D eigenvalue weighted by Gasteiger charge is 2.41. The highest BCUT2D eigenvalue weighted by Crippen LogP contribution is 2.38. The zero-order valence-corrected chi connectivity index (χ0v) is 41.4. The number of carbonyl (C=O) groups is 4. The van der Waals surface area contributed by atoms with E-state index in [2.05, 4.69) is 22.9 Å². The fraction of sp³-hybridized carbons (Fsp3) is 0.577. The first-order valence-electron chi connectivity index (χ1n) is 24.9. The maximum atomic E-state index is 13.7. The second-order valence-electron chi connectivity index (χ2n) is 19.1. The van der Waals surface area contributed by atoms with E-state index in [9.17, 15) is 37.8 Å². The lowest BCUT2D eigenvalue weighted by Crippen LogP contribution is -2.53. The molecule has 0 spiro atoms. The predicted molar refractivity (Wildman–Crippen MR) is 263 cm³/mol. The van der Waals surface area contributed by atoms with Crippen LogP contribution in [0.25, 0.3) is 0 Å². The molecule has 2 heterocycles. The SMILES string of the molecule is CCCC[C@H](O)[C@@H](CC1CC1)C(=O)NC1CN(S(=O)(=O)c2ccc(Cl)cc2)CCN(Cc2ccccc2)C1=O.CCCC[C@H](O)[C@@H](CC1CC1)C(=O)NC1CNCCN(Cc2ccccc2)C1=O. The number of hydrogen-bond acceptors (Lipinski definition) is 9. The Morgan fingerprint density at radius 3 is 1.65 bits per heavy atom. The van der Waals surface area contributed by atoms with Crippen molar-refractivity contribution in [3.8, 4) is 0 Å². The highest BCUT2D eigenvalue weighted by molar-refractivity contribution is 7.89. The molecule has 2 aliphatic heterocycles. The summed E-state index contributed by atoms with van der Waals surface area (Å²) in [5.41, 5.74) is 1.99. The number of unbranched alkanes of at least 4 members (excludes halogenated alkanes) is 2. The Kier molecular flexibility index (Phi) is 20.3. The molecule has 3 aromatic carbocycles. The number of halogens is 1. The largest absolute Gasteiger partial charge is 0.392 e. The molecule has 14 nitrogen and oxygen atoms in total. The van der Waals surface area contributed by atoms with Gasteiger partial charge in [-0.3, -0.25) is 19.2 Å². The average Bonchev–Trinajstić information content (AvgIpc) is 4.28. The molecule has 7 rings (SSSR count). The fourth-order valence-corrected chi connectivity index (χ4v) is 10.6. The van der Waals surface area contributed by atoms with Crippen molar-refractivity contribution in [2.75, 3.05) is 39.3 Å². The number of nitrogens with one attached hydrogen (secondary N) is 3. The Labute approximate surface area is 408 Å². The molecule has 68 heavy (non-hydrogen) atoms. The van der Waals surface area contributed by atoms with Crippen molar-refractivity contribution in [3.63, 3.8) is 0 Å². The first-order valence-corrected chi connectivity index (χ1v) is 26.7. The smallest absolute Gasteiger partial charge is 0.246 e. The molecule has 0 aromatic heterocycles. The molecular formula is C52H73ClN6O8S. The molecule has 0 bridgehead atoms. The Hall–Kier alpha value is -4.38. The second kappa shape index (κ2) is 26.0. The van der Waals surface area contributed by atoms with Crippen LogP contribution < -0.4 is 16.0 Å². The van der Waals surface area contributed by atoms with Gasteiger partial charge < -0.3 is 36.0 Å². The number of hydrogen-bond donors (Lipinski definition) is 5. The summed E-state index contributed by atoms with van der Waals surface area (Å²) < 4.78 is 28.4. The lowest BCUT2D eigenvalue weighted by Gasteiger charge is -2.28. The molecule has 372 valence electrons. The average molecular weight is 978 g/mol. The monoisotopic (exact) mass is 976 g/mol. The van der Waals surface area contributed by atoms with Crippen molar-refractivity contribution in [1.29, 1.82) is 0 Å². The van der Waals surface area contributed by atoms with Crippen LogP contribution in [0.4, 0.5) is 0 Å². The van der Waals surface area contributed by atoms with Gasteiger partial charge >= 0.3 is 0 Å². The normalized spacial score (nSPS) is 21.1. The molecule has 0 radical (unpaired) electrons. The van der Waals surface area contributed by atoms with Gasteiger partial charge in [0.2, 0.25) is 33.7 Å². The zero-order chi connectivity index (χ0) is 48.6. The van der Waals surface area contributed by atoms with E-state index in [4.69, 9.17) is 11.6 Å². The van der Waals surface area contributed by atoms with Crippen LogP contribution in [0.3, 0.4) is 0 Å². The molecule has 4 aliphatic rings. The molecule has 4 amide bonds. The van der Waals surface area contributed by atoms with Gasteiger partial charge in [0.05, 0.1) is 28.9 Å². The maximum Gasteiger partial charge on any atom is 0.246 e. The van der Waals surface area contributed by atoms with Crippen LogP contribution in [0, 0.1) is 23.7 Å². The van der Waals surface area contributed by atoms with E-state index in [1.54, 1.807) is 4.90 Å². The van der Waals surface area contributed by atoms with Gasteiger partial charge in [0.1, 0.15) is 12.1 Å². The molecule has 2 saturated heterocycles. The van der Waals surface area contributed by atoms with Crippen molar-refractivity contribution >= 4 is 45.3 Å². The van der Waals surface area contributed by atoms with E-state index in [0.29, 0.717) is 68.8 Å². The van der Waals surface area contributed by atoms with Crippen LogP contribution in [-0.4, -0.2) is 120 Å². The molecule has 2 aliphatic carbocycles. The topological polar surface area (TPSA) is 189 Å². The number of rotatable bonds is 22. The minimum Gasteiger partial charge on any atom is -0.392 e. The number of aliphatic hydroxyl groups excluding tert-OH is 2. The van der Waals surface area contributed by atoms with Gasteiger partial charge in [-0.25, -0.2) is 8.42 Å². The van der Waals surface area contributed by atoms with Crippen molar-refractivity contribution in [2.24, 2.45) is 23.7 Å². The summed E-state index contributed by atoms with van der Waals surface area (Å²) in [7, 11) is -3.95. The van der Waals surface area contributed by atoms with Crippen LogP contribution in [0.15, 0.2) is 89.8 Å². The number of nitrogens with zero attached hydrogens (tertiary/aromatic N) is 3. The first kappa shape index (κ1) is 53.0. The fourth-order valence-electron chi connectivity index (χ4n) is 9.02. The second-order valence-corrected chi connectivity index (χ2v) is 21.5. The molecular weight excluding hydrogens is 904 g/mol. The summed E-state index contributed by atoms with van der Waals surface area (Å²) in [6, 6.07) is 23.6. The molecule has 2 saturated carbocycles. The summed E-state index contributed by atoms with van der Waals surface area (Å²) in [4.78, 5) is 56.9. The Morgan fingerprint density at radius 1 is 0.691 bits per heavy atom. The van der Waals surface area contributed by atoms with Gasteiger partial charge in [0.25, 0.3) is 0 Å². The van der Waals surface area contributed by atoms with E-state index < -0.39 is 52.1 Å². The summed E-state index contributed by atoms with van der Waals surface area (Å²) in [6.45, 7) is 6.77. The number of amides is 4. The number of carbonyl (C=O) groups excluding carboxylic acids is 4. The van der Waals surface area contributed by atoms with Crippen LogP contribution >= 0.6 is 11.6 Å². The first-order chi connectivity index (χ1) is 32.8. The van der Waals surface area contributed by atoms with Crippen LogP contribution in [0.2, 0.25) is 5.02 Å². The Bertz CT molecular complexity index is 2180. The summed E-state index contributed by atoms with van der Waals surface area (Å²) in [6.07, 6.45) is 8.95. The van der Waals surface area contributed by atoms with Gasteiger partial charge in [0.15, 0.2) is 0 Å². The molecule has 2 unspecified atom stereocenters. The molecule has 4 fully saturated rings. The van der Waals surface area contributed by atoms with Crippen molar-refractivity contribution < 1.29 is 37.8 Å². The highest BCUT2D eigenvalue weighted by atomic mass is 35.5. The van der Waals surface area contributed by atoms with Gasteiger partial charge in [-0.1, -0.05) is 137 Å². The number of aliphatic hydroxyl groups is 2. The van der Waals surface area contributed by atoms with Crippen LogP contribution in [0.1, 0.15) is 102 Å². The van der Waals surface area contributed by atoms with Crippen molar-refractivity contribution in [1.82, 2.24) is 30.1 Å². The van der Waals surface area contributed by atoms with Crippen LogP contribution in [-0.2, 0) is 42.3 Å². The van der Waals surface area contributed by atoms with Crippen LogP contribution in [0.5, 0.6) is 0 Å². The zero-order valence-electron chi connectivity index (χ0n) is 39.8. The van der Waals surface area contributed by atoms with Gasteiger partial charge in [-0.2, -0.15) is 4.31 Å². The van der Waals surface area contributed by atoms with Gasteiger partial charge in [-0.15, -0.1) is 0 Å². The minimum absolute atomic E-state index is 0.0552. The van der Waals surface area contributed by atoms with Crippen molar-refractivity contribution in [2.45, 2.75) is 133 Å². The third kappa shape index (κ3) is 15.8. The quantitative estimate of drug-likeness (QED) is 0.0818. The van der Waals surface area contributed by atoms with E-state index in [0.717, 1.165) is 68.9 Å². The standard InChI is InChI=1S/C29H38ClN3O5S.C23H35N3O3/c1-2-3-9-27(34)25(18-21-10-11-21)28(35)31-26-20-33(39(37,38)24-14-12-23(30)13-15-24)17-16-32(29(26)36)19-22-7-5-4-6-8-22;1-2-3-9-21(27)19(14-17-10-11-17)22(28)25-20-15-24-12-13-26(23(20)29)16-18-7-5-4-6-8-18/h4-8,12-15,21,25-27,34H,2-3,9-11,16-20H2,1H3,(H,31,35);4-8,17,19-21,24,27H,2-3,9-16H2,1H3,(H,25,28)/t25-,26?,27+;19-,20?,21+/m11/s1. The summed E-state index contributed by atoms with van der Waals surface area (Å²) >= 11 is 5.97. The predicted octanol–water partition coefficient (Wildman–Crippen LogP) is 5.90. The Morgan fingerprint density at radius 2 is 1.16 bits per heavy atom. The van der Waals surface area contributed by atoms with Gasteiger partial charge in [-0.05, 0) is 72.9 Å². The van der Waals surface area contributed by atoms with E-state index in [1.165, 1.54) is 28.6 Å². The van der Waals surface area contributed by atoms with E-state index >= 15 is 0 Å². The lowest BCUT2D eigenvalue weighted by atomic mass is 9.91. The summed E-state index contributed by atoms with van der Waals surface area (Å²) in [5.74, 6) is -1.08. The van der Waals surface area contributed by atoms with E-state index in [1.807, 2.05) is 72.5 Å².